The highest BCUT2D eigenvalue weighted by Crippen LogP contribution is 2.35. The van der Waals surface area contributed by atoms with Crippen LogP contribution in [0.4, 0.5) is 0 Å². The molecule has 1 saturated carbocycles. The lowest BCUT2D eigenvalue weighted by atomic mass is 10.1. The van der Waals surface area contributed by atoms with Crippen molar-refractivity contribution in [1.29, 1.82) is 0 Å². The van der Waals surface area contributed by atoms with E-state index in [1.165, 1.54) is 12.8 Å². The molecule has 1 aromatic rings. The van der Waals surface area contributed by atoms with E-state index in [2.05, 4.69) is 11.9 Å². The topological polar surface area (TPSA) is 47.7 Å². The second-order valence-corrected chi connectivity index (χ2v) is 5.23. The first-order valence-corrected chi connectivity index (χ1v) is 6.80. The molecule has 0 bridgehead atoms. The summed E-state index contributed by atoms with van der Waals surface area (Å²) in [5.41, 5.74) is 7.04. The van der Waals surface area contributed by atoms with Gasteiger partial charge in [-0.05, 0) is 44.0 Å². The first kappa shape index (κ1) is 14.2. The summed E-state index contributed by atoms with van der Waals surface area (Å²) in [5, 5.41) is 0. The molecule has 1 aromatic carbocycles. The third kappa shape index (κ3) is 3.39. The summed E-state index contributed by atoms with van der Waals surface area (Å²) in [4.78, 5) is 2.33. The number of benzene rings is 1. The summed E-state index contributed by atoms with van der Waals surface area (Å²) in [6, 6.07) is 6.38. The molecule has 0 radical (unpaired) electrons. The second kappa shape index (κ2) is 6.26. The van der Waals surface area contributed by atoms with E-state index < -0.39 is 0 Å². The zero-order valence-corrected chi connectivity index (χ0v) is 12.1. The number of ether oxygens (including phenoxy) is 2. The van der Waals surface area contributed by atoms with Gasteiger partial charge in [-0.1, -0.05) is 0 Å². The van der Waals surface area contributed by atoms with Gasteiger partial charge in [0, 0.05) is 24.7 Å². The van der Waals surface area contributed by atoms with Gasteiger partial charge in [0.05, 0.1) is 14.2 Å². The van der Waals surface area contributed by atoms with Crippen LogP contribution in [0.3, 0.4) is 0 Å². The molecule has 0 amide bonds. The van der Waals surface area contributed by atoms with Crippen LogP contribution in [-0.2, 0) is 6.54 Å². The standard InChI is InChI=1S/C15H24N2O2/c1-17(14(9-16)11-4-5-11)10-12-8-13(18-2)6-7-15(12)19-3/h6-8,11,14H,4-5,9-10,16H2,1-3H3. The fourth-order valence-corrected chi connectivity index (χ4v) is 2.60. The summed E-state index contributed by atoms with van der Waals surface area (Å²) in [5.74, 6) is 2.53. The van der Waals surface area contributed by atoms with Crippen molar-refractivity contribution in [3.05, 3.63) is 23.8 Å². The average molecular weight is 264 g/mol. The number of nitrogens with two attached hydrogens (primary N) is 1. The molecule has 1 aliphatic carbocycles. The lowest BCUT2D eigenvalue weighted by molar-refractivity contribution is 0.212. The van der Waals surface area contributed by atoms with Crippen molar-refractivity contribution >= 4 is 0 Å². The fourth-order valence-electron chi connectivity index (χ4n) is 2.60. The van der Waals surface area contributed by atoms with E-state index in [1.807, 2.05) is 18.2 Å². The molecule has 4 heteroatoms. The van der Waals surface area contributed by atoms with Gasteiger partial charge >= 0.3 is 0 Å². The number of rotatable bonds is 7. The molecule has 0 saturated heterocycles. The smallest absolute Gasteiger partial charge is 0.123 e. The molecule has 0 spiro atoms. The Hall–Kier alpha value is -1.26. The minimum atomic E-state index is 0.468. The molecule has 1 atom stereocenters. The van der Waals surface area contributed by atoms with E-state index >= 15 is 0 Å². The predicted molar refractivity (Wildman–Crippen MR) is 76.6 cm³/mol. The Bertz CT molecular complexity index is 419. The van der Waals surface area contributed by atoms with Crippen LogP contribution in [0.5, 0.6) is 11.5 Å². The molecule has 2 rings (SSSR count). The first-order chi connectivity index (χ1) is 9.19. The summed E-state index contributed by atoms with van der Waals surface area (Å²) in [6.45, 7) is 1.55. The fraction of sp³-hybridized carbons (Fsp3) is 0.600. The normalized spacial score (nSPS) is 16.5. The third-order valence-corrected chi connectivity index (χ3v) is 3.88. The number of nitrogens with zero attached hydrogens (tertiary/aromatic N) is 1. The average Bonchev–Trinajstić information content (AvgIpc) is 3.24. The largest absolute Gasteiger partial charge is 0.497 e. The summed E-state index contributed by atoms with van der Waals surface area (Å²) < 4.78 is 10.7. The SMILES string of the molecule is COc1ccc(OC)c(CN(C)C(CN)C2CC2)c1. The van der Waals surface area contributed by atoms with E-state index in [0.29, 0.717) is 12.6 Å². The van der Waals surface area contributed by atoms with Crippen LogP contribution < -0.4 is 15.2 Å². The van der Waals surface area contributed by atoms with Crippen LogP contribution in [-0.4, -0.2) is 38.8 Å². The minimum Gasteiger partial charge on any atom is -0.497 e. The van der Waals surface area contributed by atoms with Crippen LogP contribution >= 0.6 is 0 Å². The Kier molecular flexibility index (Phi) is 4.66. The quantitative estimate of drug-likeness (QED) is 0.817. The Morgan fingerprint density at radius 3 is 2.58 bits per heavy atom. The van der Waals surface area contributed by atoms with Crippen LogP contribution in [0, 0.1) is 5.92 Å². The van der Waals surface area contributed by atoms with Gasteiger partial charge in [-0.15, -0.1) is 0 Å². The van der Waals surface area contributed by atoms with Crippen molar-refractivity contribution in [3.8, 4) is 11.5 Å². The van der Waals surface area contributed by atoms with Gasteiger partial charge in [-0.2, -0.15) is 0 Å². The minimum absolute atomic E-state index is 0.468. The number of likely N-dealkylation sites (N-methyl/N-ethyl adjacent to an activating group) is 1. The Morgan fingerprint density at radius 1 is 1.32 bits per heavy atom. The maximum atomic E-state index is 5.90. The lowest BCUT2D eigenvalue weighted by Crippen LogP contribution is -2.39. The Morgan fingerprint density at radius 2 is 2.05 bits per heavy atom. The molecule has 1 aliphatic rings. The van der Waals surface area contributed by atoms with Gasteiger partial charge in [0.1, 0.15) is 11.5 Å². The van der Waals surface area contributed by atoms with E-state index in [1.54, 1.807) is 14.2 Å². The van der Waals surface area contributed by atoms with Crippen molar-refractivity contribution in [2.45, 2.75) is 25.4 Å². The van der Waals surface area contributed by atoms with Crippen molar-refractivity contribution in [2.24, 2.45) is 11.7 Å². The second-order valence-electron chi connectivity index (χ2n) is 5.23. The predicted octanol–water partition coefficient (Wildman–Crippen LogP) is 1.87. The third-order valence-electron chi connectivity index (χ3n) is 3.88. The number of hydrogen-bond donors (Lipinski definition) is 1. The molecule has 1 unspecified atom stereocenters. The van der Waals surface area contributed by atoms with Crippen molar-refractivity contribution in [2.75, 3.05) is 27.8 Å². The molecule has 0 heterocycles. The summed E-state index contributed by atoms with van der Waals surface area (Å²) >= 11 is 0. The molecule has 4 nitrogen and oxygen atoms in total. The highest BCUT2D eigenvalue weighted by atomic mass is 16.5. The molecule has 19 heavy (non-hydrogen) atoms. The van der Waals surface area contributed by atoms with Crippen LogP contribution in [0.15, 0.2) is 18.2 Å². The molecular weight excluding hydrogens is 240 g/mol. The molecular formula is C15H24N2O2. The molecule has 1 fully saturated rings. The van der Waals surface area contributed by atoms with Gasteiger partial charge in [0.2, 0.25) is 0 Å². The summed E-state index contributed by atoms with van der Waals surface area (Å²) in [6.07, 6.45) is 2.61. The van der Waals surface area contributed by atoms with E-state index in [4.69, 9.17) is 15.2 Å². The monoisotopic (exact) mass is 264 g/mol. The van der Waals surface area contributed by atoms with Crippen LogP contribution in [0.25, 0.3) is 0 Å². The maximum absolute atomic E-state index is 5.90. The molecule has 106 valence electrons. The van der Waals surface area contributed by atoms with E-state index in [9.17, 15) is 0 Å². The van der Waals surface area contributed by atoms with Crippen LogP contribution in [0.1, 0.15) is 18.4 Å². The highest BCUT2D eigenvalue weighted by Gasteiger charge is 2.32. The molecule has 0 aliphatic heterocycles. The van der Waals surface area contributed by atoms with Gasteiger partial charge in [0.25, 0.3) is 0 Å². The van der Waals surface area contributed by atoms with Crippen molar-refractivity contribution in [3.63, 3.8) is 0 Å². The highest BCUT2D eigenvalue weighted by molar-refractivity contribution is 5.40. The Labute approximate surface area is 115 Å². The lowest BCUT2D eigenvalue weighted by Gasteiger charge is -2.27. The first-order valence-electron chi connectivity index (χ1n) is 6.80. The Balaban J connectivity index is 2.11. The zero-order chi connectivity index (χ0) is 13.8. The maximum Gasteiger partial charge on any atom is 0.123 e. The molecule has 2 N–H and O–H groups in total. The van der Waals surface area contributed by atoms with Gasteiger partial charge < -0.3 is 15.2 Å². The number of methoxy groups -OCH3 is 2. The molecule has 0 aromatic heterocycles. The van der Waals surface area contributed by atoms with E-state index in [0.717, 1.165) is 29.5 Å². The van der Waals surface area contributed by atoms with Crippen molar-refractivity contribution in [1.82, 2.24) is 4.90 Å². The summed E-state index contributed by atoms with van der Waals surface area (Å²) in [7, 11) is 5.52. The van der Waals surface area contributed by atoms with Crippen molar-refractivity contribution < 1.29 is 9.47 Å². The number of hydrogen-bond acceptors (Lipinski definition) is 4. The van der Waals surface area contributed by atoms with Gasteiger partial charge in [0.15, 0.2) is 0 Å². The zero-order valence-electron chi connectivity index (χ0n) is 12.1. The van der Waals surface area contributed by atoms with E-state index in [-0.39, 0.29) is 0 Å². The van der Waals surface area contributed by atoms with Crippen LogP contribution in [0.2, 0.25) is 0 Å². The van der Waals surface area contributed by atoms with Gasteiger partial charge in [-0.3, -0.25) is 4.90 Å². The van der Waals surface area contributed by atoms with Gasteiger partial charge in [-0.25, -0.2) is 0 Å².